The Morgan fingerprint density at radius 3 is 2.22 bits per heavy atom. The van der Waals surface area contributed by atoms with Gasteiger partial charge in [0.15, 0.2) is 18.3 Å². The molecule has 0 bridgehead atoms. The number of ether oxygens (including phenoxy) is 6. The third kappa shape index (κ3) is 10.1. The van der Waals surface area contributed by atoms with E-state index in [2.05, 4.69) is 0 Å². The van der Waals surface area contributed by atoms with Gasteiger partial charge in [-0.05, 0) is 87.9 Å². The highest BCUT2D eigenvalue weighted by atomic mass is 16.7. The first-order valence-corrected chi connectivity index (χ1v) is 18.5. The summed E-state index contributed by atoms with van der Waals surface area (Å²) in [6, 6.07) is -0.810. The molecule has 16 atom stereocenters. The summed E-state index contributed by atoms with van der Waals surface area (Å²) in [5.74, 6) is -2.38. The van der Waals surface area contributed by atoms with Crippen molar-refractivity contribution in [2.24, 2.45) is 17.8 Å². The molecule has 2 saturated heterocycles. The SMILES string of the molecule is CC[C@@H]1OC(=O)[C@H](C)[C@H](OC2CC(OC)=C(O)C(C)O2)[C@@H](C)[C@@H](OC2OC(C)CC(N(C)C)C2O)[C@](C)(O)CC(C)CN(C)[C@@H](C)[C@H](O)[C@]1(C)O. The Balaban J connectivity index is 2.16. The summed E-state index contributed by atoms with van der Waals surface area (Å²) in [6.45, 7) is 16.1. The molecule has 14 heteroatoms. The number of rotatable bonds is 7. The van der Waals surface area contributed by atoms with Gasteiger partial charge in [-0.25, -0.2) is 0 Å². The number of aliphatic hydroxyl groups excluding tert-OH is 3. The topological polar surface area (TPSA) is 180 Å². The van der Waals surface area contributed by atoms with Crippen LogP contribution in [0.4, 0.5) is 0 Å². The first kappa shape index (κ1) is 43.8. The summed E-state index contributed by atoms with van der Waals surface area (Å²) in [7, 11) is 7.04. The predicted octanol–water partition coefficient (Wildman–Crippen LogP) is 2.55. The second-order valence-electron chi connectivity index (χ2n) is 16.2. The molecule has 5 N–H and O–H groups in total. The van der Waals surface area contributed by atoms with E-state index in [1.165, 1.54) is 14.0 Å². The summed E-state index contributed by atoms with van der Waals surface area (Å²) < 4.78 is 36.9. The molecule has 3 aliphatic rings. The Labute approximate surface area is 305 Å². The van der Waals surface area contributed by atoms with Gasteiger partial charge >= 0.3 is 5.97 Å². The molecule has 298 valence electrons. The Morgan fingerprint density at radius 1 is 1.02 bits per heavy atom. The molecule has 0 saturated carbocycles. The van der Waals surface area contributed by atoms with E-state index in [0.29, 0.717) is 13.0 Å². The zero-order valence-corrected chi connectivity index (χ0v) is 33.1. The fourth-order valence-corrected chi connectivity index (χ4v) is 8.23. The summed E-state index contributed by atoms with van der Waals surface area (Å²) in [6.07, 6.45) is -7.47. The lowest BCUT2D eigenvalue weighted by Gasteiger charge is -2.47. The number of hydrogen-bond acceptors (Lipinski definition) is 14. The van der Waals surface area contributed by atoms with Crippen molar-refractivity contribution in [2.75, 3.05) is 34.8 Å². The van der Waals surface area contributed by atoms with Crippen LogP contribution >= 0.6 is 0 Å². The number of carbonyl (C=O) groups excluding carboxylic acids is 1. The Morgan fingerprint density at radius 2 is 1.65 bits per heavy atom. The Kier molecular flexibility index (Phi) is 15.2. The third-order valence-corrected chi connectivity index (χ3v) is 11.4. The number of methoxy groups -OCH3 is 1. The lowest BCUT2D eigenvalue weighted by Crippen LogP contribution is -2.59. The Hall–Kier alpha value is -1.59. The molecule has 0 aromatic heterocycles. The van der Waals surface area contributed by atoms with Gasteiger partial charge in [0.05, 0.1) is 43.4 Å². The van der Waals surface area contributed by atoms with Gasteiger partial charge in [0.25, 0.3) is 0 Å². The van der Waals surface area contributed by atoms with Crippen LogP contribution in [-0.2, 0) is 33.2 Å². The van der Waals surface area contributed by atoms with Crippen molar-refractivity contribution in [3.63, 3.8) is 0 Å². The zero-order valence-electron chi connectivity index (χ0n) is 33.1. The van der Waals surface area contributed by atoms with Crippen LogP contribution in [0, 0.1) is 17.8 Å². The van der Waals surface area contributed by atoms with Gasteiger partial charge in [0.1, 0.15) is 35.8 Å². The second kappa shape index (κ2) is 17.7. The second-order valence-corrected chi connectivity index (χ2v) is 16.2. The van der Waals surface area contributed by atoms with Gasteiger partial charge in [-0.1, -0.05) is 20.8 Å². The van der Waals surface area contributed by atoms with E-state index in [1.54, 1.807) is 41.5 Å². The normalized spacial score (nSPS) is 46.0. The number of aliphatic hydroxyl groups is 5. The highest BCUT2D eigenvalue weighted by Crippen LogP contribution is 2.39. The minimum absolute atomic E-state index is 0.0474. The van der Waals surface area contributed by atoms with E-state index in [1.807, 2.05) is 44.8 Å². The summed E-state index contributed by atoms with van der Waals surface area (Å²) >= 11 is 0. The average Bonchev–Trinajstić information content (AvgIpc) is 3.04. The van der Waals surface area contributed by atoms with Crippen LogP contribution in [0.5, 0.6) is 0 Å². The van der Waals surface area contributed by atoms with E-state index in [9.17, 15) is 30.3 Å². The van der Waals surface area contributed by atoms with Gasteiger partial charge in [-0.2, -0.15) is 0 Å². The summed E-state index contributed by atoms with van der Waals surface area (Å²) in [4.78, 5) is 18.0. The molecular formula is C37H68N2O12. The molecule has 14 nitrogen and oxygen atoms in total. The number of carbonyl (C=O) groups is 1. The number of nitrogens with zero attached hydrogens (tertiary/aromatic N) is 2. The van der Waals surface area contributed by atoms with E-state index < -0.39 is 84.3 Å². The van der Waals surface area contributed by atoms with E-state index in [0.717, 1.165) is 0 Å². The van der Waals surface area contributed by atoms with E-state index in [4.69, 9.17) is 28.4 Å². The van der Waals surface area contributed by atoms with Crippen molar-refractivity contribution in [3.8, 4) is 0 Å². The number of esters is 1. The maximum Gasteiger partial charge on any atom is 0.311 e. The smallest absolute Gasteiger partial charge is 0.311 e. The van der Waals surface area contributed by atoms with Crippen LogP contribution in [0.25, 0.3) is 0 Å². The molecule has 0 spiro atoms. The largest absolute Gasteiger partial charge is 0.506 e. The highest BCUT2D eigenvalue weighted by Gasteiger charge is 2.51. The van der Waals surface area contributed by atoms with Gasteiger partial charge in [-0.15, -0.1) is 0 Å². The van der Waals surface area contributed by atoms with Crippen molar-refractivity contribution in [2.45, 2.75) is 167 Å². The Bertz CT molecular complexity index is 1170. The lowest BCUT2D eigenvalue weighted by atomic mass is 9.77. The van der Waals surface area contributed by atoms with E-state index >= 15 is 0 Å². The molecule has 51 heavy (non-hydrogen) atoms. The van der Waals surface area contributed by atoms with Crippen LogP contribution in [0.1, 0.15) is 88.0 Å². The maximum atomic E-state index is 14.1. The molecule has 3 heterocycles. The lowest BCUT2D eigenvalue weighted by molar-refractivity contribution is -0.305. The van der Waals surface area contributed by atoms with Crippen molar-refractivity contribution in [1.29, 1.82) is 0 Å². The maximum absolute atomic E-state index is 14.1. The number of cyclic esters (lactones) is 1. The molecule has 3 rings (SSSR count). The molecular weight excluding hydrogens is 664 g/mol. The predicted molar refractivity (Wildman–Crippen MR) is 189 cm³/mol. The van der Waals surface area contributed by atoms with Crippen LogP contribution in [0.15, 0.2) is 11.5 Å². The van der Waals surface area contributed by atoms with Crippen molar-refractivity contribution < 1.29 is 58.7 Å². The van der Waals surface area contributed by atoms with Gasteiger partial charge in [-0.3, -0.25) is 4.79 Å². The van der Waals surface area contributed by atoms with Gasteiger partial charge < -0.3 is 63.8 Å². The van der Waals surface area contributed by atoms with Crippen molar-refractivity contribution in [1.82, 2.24) is 9.80 Å². The molecule has 0 aromatic rings. The zero-order chi connectivity index (χ0) is 38.7. The number of hydrogen-bond donors (Lipinski definition) is 5. The first-order valence-electron chi connectivity index (χ1n) is 18.5. The molecule has 7 unspecified atom stereocenters. The summed E-state index contributed by atoms with van der Waals surface area (Å²) in [5, 5.41) is 57.6. The quantitative estimate of drug-likeness (QED) is 0.241. The van der Waals surface area contributed by atoms with Gasteiger partial charge in [0.2, 0.25) is 0 Å². The molecule has 2 fully saturated rings. The van der Waals surface area contributed by atoms with Gasteiger partial charge in [0, 0.05) is 24.5 Å². The number of likely N-dealkylation sites (N-methyl/N-ethyl adjacent to an activating group) is 2. The molecule has 0 radical (unpaired) electrons. The standard InChI is InChI=1S/C37H68N2O12/c1-14-27-37(9,45)32(42)23(6)39(12)18-19(2)17-36(8,44)33(51-35-30(41)25(38(10)11)15-20(3)47-35)21(4)31(22(5)34(43)49-27)50-28-16-26(46-13)29(40)24(7)48-28/h19-25,27-28,30-33,35,40-42,44-45H,14-18H2,1-13H3/t19?,20?,21-,22-,23+,24?,25?,27+,28?,30?,31-,32+,33-,35?,36-,37-/m1/s1. The summed E-state index contributed by atoms with van der Waals surface area (Å²) in [5.41, 5.74) is -3.36. The van der Waals surface area contributed by atoms with Crippen LogP contribution in [0.3, 0.4) is 0 Å². The van der Waals surface area contributed by atoms with Crippen molar-refractivity contribution >= 4 is 5.97 Å². The van der Waals surface area contributed by atoms with Crippen LogP contribution in [-0.4, -0.2) is 155 Å². The minimum atomic E-state index is -1.80. The molecule has 0 aliphatic carbocycles. The molecule has 0 aromatic carbocycles. The monoisotopic (exact) mass is 732 g/mol. The fraction of sp³-hybridized carbons (Fsp3) is 0.919. The first-order chi connectivity index (χ1) is 23.6. The fourth-order valence-electron chi connectivity index (χ4n) is 8.23. The third-order valence-electron chi connectivity index (χ3n) is 11.4. The molecule has 3 aliphatic heterocycles. The minimum Gasteiger partial charge on any atom is -0.506 e. The van der Waals surface area contributed by atoms with Crippen LogP contribution < -0.4 is 0 Å². The highest BCUT2D eigenvalue weighted by molar-refractivity contribution is 5.73. The van der Waals surface area contributed by atoms with Crippen molar-refractivity contribution in [3.05, 3.63) is 11.5 Å². The van der Waals surface area contributed by atoms with Crippen LogP contribution in [0.2, 0.25) is 0 Å². The molecule has 0 amide bonds. The average molecular weight is 733 g/mol. The van der Waals surface area contributed by atoms with E-state index in [-0.39, 0.29) is 48.8 Å².